The molecule has 4 heterocycles. The number of hydrogen-bond acceptors (Lipinski definition) is 6. The fourth-order valence-electron chi connectivity index (χ4n) is 4.04. The number of methoxy groups -OCH3 is 1. The van der Waals surface area contributed by atoms with Crippen molar-refractivity contribution >= 4 is 22.5 Å². The van der Waals surface area contributed by atoms with E-state index in [1.54, 1.807) is 29.2 Å². The molecule has 1 saturated heterocycles. The third-order valence-corrected chi connectivity index (χ3v) is 5.71. The minimum atomic E-state index is -0.643. The first kappa shape index (κ1) is 19.3. The number of carbonyl (C=O) groups excluding carboxylic acids is 1. The number of fused-ring (bicyclic) bond motifs is 2. The summed E-state index contributed by atoms with van der Waals surface area (Å²) in [5.41, 5.74) is 1.79. The number of carbonyl (C=O) groups is 1. The molecule has 0 spiro atoms. The van der Waals surface area contributed by atoms with Crippen molar-refractivity contribution in [2.24, 2.45) is 0 Å². The fraction of sp³-hybridized carbons (Fsp3) is 0.261. The standard InChI is InChI=1S/C23H22N4O4/c1-30-19-6-4-5-16-13-18(23(29)31-21(16)19)22(28)26-11-9-25(10-12-26)15-17-14-24-20-7-2-3-8-27(17)20/h2-8,13-14H,9-12,15H2,1H3. The molecule has 1 aliphatic heterocycles. The Labute approximate surface area is 178 Å². The smallest absolute Gasteiger partial charge is 0.349 e. The van der Waals surface area contributed by atoms with E-state index in [0.29, 0.717) is 29.8 Å². The molecule has 0 bridgehead atoms. The second-order valence-electron chi connectivity index (χ2n) is 7.57. The summed E-state index contributed by atoms with van der Waals surface area (Å²) in [5.74, 6) is 0.169. The van der Waals surface area contributed by atoms with Crippen LogP contribution in [0.15, 0.2) is 64.1 Å². The average Bonchev–Trinajstić information content (AvgIpc) is 3.21. The van der Waals surface area contributed by atoms with E-state index in [1.165, 1.54) is 7.11 Å². The number of nitrogens with zero attached hydrogens (tertiary/aromatic N) is 4. The third-order valence-electron chi connectivity index (χ3n) is 5.71. The number of imidazole rings is 1. The van der Waals surface area contributed by atoms with Crippen LogP contribution >= 0.6 is 0 Å². The summed E-state index contributed by atoms with van der Waals surface area (Å²) in [6.45, 7) is 3.29. The molecule has 0 unspecified atom stereocenters. The van der Waals surface area contributed by atoms with Gasteiger partial charge >= 0.3 is 5.63 Å². The predicted octanol–water partition coefficient (Wildman–Crippen LogP) is 2.41. The number of amides is 1. The summed E-state index contributed by atoms with van der Waals surface area (Å²) >= 11 is 0. The second-order valence-corrected chi connectivity index (χ2v) is 7.57. The number of benzene rings is 1. The summed E-state index contributed by atoms with van der Waals surface area (Å²) in [4.78, 5) is 33.9. The second kappa shape index (κ2) is 7.88. The molecule has 0 aliphatic carbocycles. The monoisotopic (exact) mass is 418 g/mol. The van der Waals surface area contributed by atoms with Gasteiger partial charge in [-0.1, -0.05) is 18.2 Å². The zero-order valence-corrected chi connectivity index (χ0v) is 17.2. The van der Waals surface area contributed by atoms with Gasteiger partial charge in [-0.15, -0.1) is 0 Å². The van der Waals surface area contributed by atoms with Crippen LogP contribution in [0.3, 0.4) is 0 Å². The number of piperazine rings is 1. The van der Waals surface area contributed by atoms with Crippen LogP contribution in [-0.2, 0) is 6.54 Å². The average molecular weight is 418 g/mol. The maximum atomic E-state index is 13.0. The quantitative estimate of drug-likeness (QED) is 0.474. The summed E-state index contributed by atoms with van der Waals surface area (Å²) in [6, 6.07) is 12.8. The first-order valence-corrected chi connectivity index (χ1v) is 10.2. The van der Waals surface area contributed by atoms with Crippen molar-refractivity contribution in [1.82, 2.24) is 19.2 Å². The SMILES string of the molecule is COc1cccc2cc(C(=O)N3CCN(Cc4cnc5ccccn45)CC3)c(=O)oc12. The Hall–Kier alpha value is -3.65. The number of ether oxygens (including phenoxy) is 1. The van der Waals surface area contributed by atoms with Crippen molar-refractivity contribution in [3.05, 3.63) is 76.5 Å². The topological polar surface area (TPSA) is 80.3 Å². The molecule has 31 heavy (non-hydrogen) atoms. The molecule has 8 nitrogen and oxygen atoms in total. The third kappa shape index (κ3) is 3.55. The highest BCUT2D eigenvalue weighted by atomic mass is 16.5. The highest BCUT2D eigenvalue weighted by Gasteiger charge is 2.25. The Bertz CT molecular complexity index is 1320. The number of para-hydroxylation sites is 1. The van der Waals surface area contributed by atoms with Gasteiger partial charge in [-0.25, -0.2) is 9.78 Å². The molecule has 1 fully saturated rings. The Kier molecular flexibility index (Phi) is 4.91. The number of rotatable bonds is 4. The van der Waals surface area contributed by atoms with Crippen molar-refractivity contribution in [2.75, 3.05) is 33.3 Å². The van der Waals surface area contributed by atoms with Crippen LogP contribution in [0.2, 0.25) is 0 Å². The van der Waals surface area contributed by atoms with Crippen molar-refractivity contribution in [2.45, 2.75) is 6.54 Å². The van der Waals surface area contributed by atoms with Gasteiger partial charge in [0.2, 0.25) is 0 Å². The Balaban J connectivity index is 1.30. The molecule has 3 aromatic heterocycles. The van der Waals surface area contributed by atoms with Crippen LogP contribution < -0.4 is 10.4 Å². The van der Waals surface area contributed by atoms with E-state index >= 15 is 0 Å². The first-order chi connectivity index (χ1) is 15.1. The summed E-state index contributed by atoms with van der Waals surface area (Å²) < 4.78 is 12.7. The van der Waals surface area contributed by atoms with Crippen LogP contribution in [-0.4, -0.2) is 58.4 Å². The van der Waals surface area contributed by atoms with Gasteiger partial charge in [0, 0.05) is 44.3 Å². The van der Waals surface area contributed by atoms with Gasteiger partial charge in [-0.05, 0) is 24.3 Å². The van der Waals surface area contributed by atoms with E-state index in [0.717, 1.165) is 31.0 Å². The normalized spacial score (nSPS) is 14.9. The van der Waals surface area contributed by atoms with E-state index < -0.39 is 5.63 Å². The van der Waals surface area contributed by atoms with E-state index in [9.17, 15) is 9.59 Å². The first-order valence-electron chi connectivity index (χ1n) is 10.2. The molecule has 1 amide bonds. The van der Waals surface area contributed by atoms with Crippen LogP contribution in [0.4, 0.5) is 0 Å². The molecule has 0 atom stereocenters. The van der Waals surface area contributed by atoms with Gasteiger partial charge in [-0.2, -0.15) is 0 Å². The molecule has 1 aliphatic rings. The molecule has 0 radical (unpaired) electrons. The molecule has 5 rings (SSSR count). The molecular formula is C23H22N4O4. The largest absolute Gasteiger partial charge is 0.493 e. The molecule has 0 N–H and O–H groups in total. The lowest BCUT2D eigenvalue weighted by molar-refractivity contribution is 0.0623. The maximum Gasteiger partial charge on any atom is 0.349 e. The van der Waals surface area contributed by atoms with E-state index in [-0.39, 0.29) is 11.5 Å². The molecule has 0 saturated carbocycles. The van der Waals surface area contributed by atoms with Gasteiger partial charge in [0.05, 0.1) is 19.0 Å². The van der Waals surface area contributed by atoms with E-state index in [1.807, 2.05) is 30.6 Å². The van der Waals surface area contributed by atoms with Crippen LogP contribution in [0.5, 0.6) is 5.75 Å². The van der Waals surface area contributed by atoms with Crippen LogP contribution in [0, 0.1) is 0 Å². The lowest BCUT2D eigenvalue weighted by Gasteiger charge is -2.34. The van der Waals surface area contributed by atoms with Crippen LogP contribution in [0.1, 0.15) is 16.1 Å². The van der Waals surface area contributed by atoms with Gasteiger partial charge in [-0.3, -0.25) is 9.69 Å². The summed E-state index contributed by atoms with van der Waals surface area (Å²) in [5, 5.41) is 0.661. The molecule has 4 aromatic rings. The molecule has 158 valence electrons. The lowest BCUT2D eigenvalue weighted by Crippen LogP contribution is -2.49. The van der Waals surface area contributed by atoms with E-state index in [4.69, 9.17) is 9.15 Å². The van der Waals surface area contributed by atoms with Crippen molar-refractivity contribution in [3.63, 3.8) is 0 Å². The fourth-order valence-corrected chi connectivity index (χ4v) is 4.04. The number of aromatic nitrogens is 2. The number of pyridine rings is 1. The Morgan fingerprint density at radius 2 is 1.97 bits per heavy atom. The minimum absolute atomic E-state index is 0.0518. The van der Waals surface area contributed by atoms with Gasteiger partial charge in [0.1, 0.15) is 11.2 Å². The molecule has 1 aromatic carbocycles. The van der Waals surface area contributed by atoms with Crippen LogP contribution in [0.25, 0.3) is 16.6 Å². The molecular weight excluding hydrogens is 396 g/mol. The van der Waals surface area contributed by atoms with Crippen molar-refractivity contribution < 1.29 is 13.9 Å². The highest BCUT2D eigenvalue weighted by molar-refractivity contribution is 5.97. The zero-order valence-electron chi connectivity index (χ0n) is 17.2. The minimum Gasteiger partial charge on any atom is -0.493 e. The van der Waals surface area contributed by atoms with Gasteiger partial charge in [0.15, 0.2) is 11.3 Å². The van der Waals surface area contributed by atoms with Gasteiger partial charge in [0.25, 0.3) is 5.91 Å². The Morgan fingerprint density at radius 3 is 2.77 bits per heavy atom. The van der Waals surface area contributed by atoms with Crippen molar-refractivity contribution in [1.29, 1.82) is 0 Å². The summed E-state index contributed by atoms with van der Waals surface area (Å²) in [6.07, 6.45) is 3.90. The highest BCUT2D eigenvalue weighted by Crippen LogP contribution is 2.25. The number of hydrogen-bond donors (Lipinski definition) is 0. The lowest BCUT2D eigenvalue weighted by atomic mass is 10.1. The zero-order chi connectivity index (χ0) is 21.4. The Morgan fingerprint density at radius 1 is 1.13 bits per heavy atom. The predicted molar refractivity (Wildman–Crippen MR) is 115 cm³/mol. The maximum absolute atomic E-state index is 13.0. The molecule has 8 heteroatoms. The van der Waals surface area contributed by atoms with E-state index in [2.05, 4.69) is 14.3 Å². The van der Waals surface area contributed by atoms with Crippen molar-refractivity contribution in [3.8, 4) is 5.75 Å². The van der Waals surface area contributed by atoms with Gasteiger partial charge < -0.3 is 18.5 Å². The summed E-state index contributed by atoms with van der Waals surface area (Å²) in [7, 11) is 1.51.